The fraction of sp³-hybridized carbons (Fsp3) is 0.0952. The first-order chi connectivity index (χ1) is 13.5. The number of aromatic nitrogens is 3. The Labute approximate surface area is 161 Å². The predicted molar refractivity (Wildman–Crippen MR) is 106 cm³/mol. The zero-order valence-corrected chi connectivity index (χ0v) is 15.4. The van der Waals surface area contributed by atoms with E-state index in [4.69, 9.17) is 10.5 Å². The van der Waals surface area contributed by atoms with E-state index in [0.717, 1.165) is 28.0 Å². The molecule has 0 fully saturated rings. The number of hydrogen-bond donors (Lipinski definition) is 2. The van der Waals surface area contributed by atoms with Crippen LogP contribution in [0.5, 0.6) is 0 Å². The zero-order valence-electron chi connectivity index (χ0n) is 15.4. The second kappa shape index (κ2) is 6.59. The number of nitrogens with zero attached hydrogens (tertiary/aromatic N) is 3. The topological polar surface area (TPSA) is 110 Å². The van der Waals surface area contributed by atoms with Crippen molar-refractivity contribution in [3.05, 3.63) is 65.5 Å². The van der Waals surface area contributed by atoms with Gasteiger partial charge >= 0.3 is 5.97 Å². The van der Waals surface area contributed by atoms with Gasteiger partial charge in [0.15, 0.2) is 5.69 Å². The smallest absolute Gasteiger partial charge is 0.357 e. The summed E-state index contributed by atoms with van der Waals surface area (Å²) in [5, 5.41) is 9.33. The SMILES string of the molecule is COC(=O)c1c(N)c(C#N)cn1-c1cccc(-c2nc3ccccc3[nH]2)c1C. The maximum absolute atomic E-state index is 12.3. The van der Waals surface area contributed by atoms with Gasteiger partial charge in [-0.2, -0.15) is 5.26 Å². The second-order valence-electron chi connectivity index (χ2n) is 6.33. The largest absolute Gasteiger partial charge is 0.464 e. The monoisotopic (exact) mass is 371 g/mol. The first kappa shape index (κ1) is 17.4. The number of nitrogens with one attached hydrogen (secondary N) is 1. The number of benzene rings is 2. The lowest BCUT2D eigenvalue weighted by Crippen LogP contribution is -2.12. The minimum atomic E-state index is -0.604. The van der Waals surface area contributed by atoms with Gasteiger partial charge in [-0.3, -0.25) is 0 Å². The van der Waals surface area contributed by atoms with Crippen molar-refractivity contribution in [1.82, 2.24) is 14.5 Å². The first-order valence-corrected chi connectivity index (χ1v) is 8.59. The number of fused-ring (bicyclic) bond motifs is 1. The van der Waals surface area contributed by atoms with E-state index in [-0.39, 0.29) is 16.9 Å². The average molecular weight is 371 g/mol. The Balaban J connectivity index is 1.93. The van der Waals surface area contributed by atoms with Crippen molar-refractivity contribution >= 4 is 22.7 Å². The summed E-state index contributed by atoms with van der Waals surface area (Å²) in [5.74, 6) is 0.119. The lowest BCUT2D eigenvalue weighted by atomic mass is 10.1. The molecular formula is C21H17N5O2. The van der Waals surface area contributed by atoms with E-state index in [2.05, 4.69) is 9.97 Å². The molecule has 0 bridgehead atoms. The van der Waals surface area contributed by atoms with Crippen molar-refractivity contribution in [2.75, 3.05) is 12.8 Å². The van der Waals surface area contributed by atoms with Gasteiger partial charge in [0.1, 0.15) is 11.9 Å². The number of anilines is 1. The Morgan fingerprint density at radius 2 is 2.04 bits per heavy atom. The highest BCUT2D eigenvalue weighted by molar-refractivity contribution is 5.96. The molecule has 0 unspecified atom stereocenters. The number of aromatic amines is 1. The van der Waals surface area contributed by atoms with E-state index >= 15 is 0 Å². The Kier molecular flexibility index (Phi) is 4.09. The van der Waals surface area contributed by atoms with E-state index < -0.39 is 5.97 Å². The Bertz CT molecular complexity index is 1230. The molecule has 0 aliphatic rings. The van der Waals surface area contributed by atoms with Gasteiger partial charge in [0.05, 0.1) is 29.4 Å². The third-order valence-corrected chi connectivity index (χ3v) is 4.75. The average Bonchev–Trinajstić information content (AvgIpc) is 3.28. The summed E-state index contributed by atoms with van der Waals surface area (Å²) in [4.78, 5) is 20.3. The molecule has 3 N–H and O–H groups in total. The van der Waals surface area contributed by atoms with Gasteiger partial charge in [-0.05, 0) is 30.7 Å². The molecule has 0 radical (unpaired) electrons. The molecule has 4 aromatic rings. The number of methoxy groups -OCH3 is 1. The van der Waals surface area contributed by atoms with E-state index in [1.54, 1.807) is 10.8 Å². The fourth-order valence-corrected chi connectivity index (χ4v) is 3.33. The van der Waals surface area contributed by atoms with E-state index in [9.17, 15) is 10.1 Å². The van der Waals surface area contributed by atoms with Gasteiger partial charge in [-0.15, -0.1) is 0 Å². The van der Waals surface area contributed by atoms with Gasteiger partial charge in [-0.1, -0.05) is 24.3 Å². The molecule has 0 saturated heterocycles. The molecule has 0 saturated carbocycles. The van der Waals surface area contributed by atoms with Crippen LogP contribution in [-0.2, 0) is 4.74 Å². The molecule has 0 aliphatic heterocycles. The summed E-state index contributed by atoms with van der Waals surface area (Å²) in [7, 11) is 1.28. The lowest BCUT2D eigenvalue weighted by molar-refractivity contribution is 0.0593. The molecule has 0 atom stereocenters. The van der Waals surface area contributed by atoms with Crippen molar-refractivity contribution in [2.45, 2.75) is 6.92 Å². The summed E-state index contributed by atoms with van der Waals surface area (Å²) in [6.45, 7) is 1.93. The van der Waals surface area contributed by atoms with Crippen LogP contribution < -0.4 is 5.73 Å². The fourth-order valence-electron chi connectivity index (χ4n) is 3.33. The number of nitriles is 1. The normalized spacial score (nSPS) is 10.8. The molecule has 7 nitrogen and oxygen atoms in total. The minimum Gasteiger partial charge on any atom is -0.464 e. The highest BCUT2D eigenvalue weighted by atomic mass is 16.5. The third kappa shape index (κ3) is 2.59. The molecule has 2 heterocycles. The van der Waals surface area contributed by atoms with Crippen LogP contribution in [-0.4, -0.2) is 27.6 Å². The van der Waals surface area contributed by atoms with E-state index in [1.165, 1.54) is 7.11 Å². The highest BCUT2D eigenvalue weighted by Crippen LogP contribution is 2.31. The summed E-state index contributed by atoms with van der Waals surface area (Å²) in [6, 6.07) is 15.5. The van der Waals surface area contributed by atoms with Crippen LogP contribution in [0.1, 0.15) is 21.6 Å². The summed E-state index contributed by atoms with van der Waals surface area (Å²) in [6.07, 6.45) is 1.55. The number of rotatable bonds is 3. The molecule has 28 heavy (non-hydrogen) atoms. The number of carbonyl (C=O) groups excluding carboxylic acids is 1. The number of nitrogens with two attached hydrogens (primary N) is 1. The maximum atomic E-state index is 12.3. The van der Waals surface area contributed by atoms with Crippen molar-refractivity contribution in [3.63, 3.8) is 0 Å². The van der Waals surface area contributed by atoms with Gasteiger partial charge in [0.2, 0.25) is 0 Å². The number of esters is 1. The number of carbonyl (C=O) groups is 1. The van der Waals surface area contributed by atoms with Crippen LogP contribution >= 0.6 is 0 Å². The predicted octanol–water partition coefficient (Wildman–Crippen LogP) is 3.57. The summed E-state index contributed by atoms with van der Waals surface area (Å²) >= 11 is 0. The van der Waals surface area contributed by atoms with Crippen molar-refractivity contribution in [3.8, 4) is 23.1 Å². The van der Waals surface area contributed by atoms with Gasteiger partial charge in [-0.25, -0.2) is 9.78 Å². The molecule has 0 amide bonds. The van der Waals surface area contributed by atoms with Gasteiger partial charge < -0.3 is 20.0 Å². The summed E-state index contributed by atoms with van der Waals surface area (Å²) < 4.78 is 6.46. The number of ether oxygens (including phenoxy) is 1. The van der Waals surface area contributed by atoms with Gasteiger partial charge in [0.25, 0.3) is 0 Å². The van der Waals surface area contributed by atoms with E-state index in [1.807, 2.05) is 55.5 Å². The van der Waals surface area contributed by atoms with Crippen LogP contribution in [0, 0.1) is 18.3 Å². The zero-order chi connectivity index (χ0) is 19.8. The highest BCUT2D eigenvalue weighted by Gasteiger charge is 2.23. The third-order valence-electron chi connectivity index (χ3n) is 4.75. The molecule has 7 heteroatoms. The quantitative estimate of drug-likeness (QED) is 0.535. The van der Waals surface area contributed by atoms with Crippen LogP contribution in [0.25, 0.3) is 28.1 Å². The Morgan fingerprint density at radius 1 is 1.25 bits per heavy atom. The first-order valence-electron chi connectivity index (χ1n) is 8.59. The van der Waals surface area contributed by atoms with Crippen molar-refractivity contribution < 1.29 is 9.53 Å². The maximum Gasteiger partial charge on any atom is 0.357 e. The number of hydrogen-bond acceptors (Lipinski definition) is 5. The molecule has 2 aromatic heterocycles. The molecule has 0 aliphatic carbocycles. The van der Waals surface area contributed by atoms with Crippen molar-refractivity contribution in [1.29, 1.82) is 5.26 Å². The Morgan fingerprint density at radius 3 is 2.75 bits per heavy atom. The van der Waals surface area contributed by atoms with E-state index in [0.29, 0.717) is 5.69 Å². The summed E-state index contributed by atoms with van der Waals surface area (Å²) in [5.41, 5.74) is 10.8. The van der Waals surface area contributed by atoms with Crippen LogP contribution in [0.4, 0.5) is 5.69 Å². The van der Waals surface area contributed by atoms with Crippen LogP contribution in [0.3, 0.4) is 0 Å². The standard InChI is InChI=1S/C21H17N5O2/c1-12-14(20-24-15-7-3-4-8-16(15)25-20)6-5-9-17(12)26-11-13(10-22)18(23)19(26)21(27)28-2/h3-9,11H,23H2,1-2H3,(H,24,25). The molecule has 0 spiro atoms. The van der Waals surface area contributed by atoms with Crippen LogP contribution in [0.2, 0.25) is 0 Å². The number of H-pyrrole nitrogens is 1. The molecule has 138 valence electrons. The lowest BCUT2D eigenvalue weighted by Gasteiger charge is -2.13. The van der Waals surface area contributed by atoms with Gasteiger partial charge in [0, 0.05) is 17.4 Å². The van der Waals surface area contributed by atoms with Crippen LogP contribution in [0.15, 0.2) is 48.7 Å². The number of nitrogen functional groups attached to an aromatic ring is 1. The van der Waals surface area contributed by atoms with Crippen molar-refractivity contribution in [2.24, 2.45) is 0 Å². The molecule has 4 rings (SSSR count). The number of imidazole rings is 1. The minimum absolute atomic E-state index is 0.0999. The Hall–Kier alpha value is -4.05. The molecular weight excluding hydrogens is 354 g/mol. The molecule has 2 aromatic carbocycles. The second-order valence-corrected chi connectivity index (χ2v) is 6.33. The number of para-hydroxylation sites is 2.